The zero-order valence-corrected chi connectivity index (χ0v) is 14.9. The Kier molecular flexibility index (Phi) is 4.44. The molecule has 0 aliphatic carbocycles. The van der Waals surface area contributed by atoms with E-state index in [2.05, 4.69) is 32.2 Å². The molecule has 0 spiro atoms. The molecule has 7 nitrogen and oxygen atoms in total. The van der Waals surface area contributed by atoms with E-state index in [4.69, 9.17) is 0 Å². The van der Waals surface area contributed by atoms with Gasteiger partial charge in [0.15, 0.2) is 5.82 Å². The first kappa shape index (κ1) is 16.8. The number of rotatable bonds is 4. The van der Waals surface area contributed by atoms with Crippen LogP contribution in [0.4, 0.5) is 0 Å². The van der Waals surface area contributed by atoms with Crippen molar-refractivity contribution in [2.24, 2.45) is 0 Å². The maximum absolute atomic E-state index is 12.8. The van der Waals surface area contributed by atoms with Gasteiger partial charge in [-0.05, 0) is 25.3 Å². The number of carbonyl (C=O) groups is 2. The van der Waals surface area contributed by atoms with Gasteiger partial charge in [0.25, 0.3) is 0 Å². The van der Waals surface area contributed by atoms with Crippen molar-refractivity contribution in [1.29, 1.82) is 0 Å². The molecule has 0 unspecified atom stereocenters. The van der Waals surface area contributed by atoms with Gasteiger partial charge in [0.2, 0.25) is 11.8 Å². The van der Waals surface area contributed by atoms with Gasteiger partial charge >= 0.3 is 0 Å². The van der Waals surface area contributed by atoms with Crippen LogP contribution in [0.1, 0.15) is 42.5 Å². The normalized spacial score (nSPS) is 22.2. The Morgan fingerprint density at radius 2 is 2.08 bits per heavy atom. The Morgan fingerprint density at radius 1 is 1.27 bits per heavy atom. The summed E-state index contributed by atoms with van der Waals surface area (Å²) < 4.78 is 2.16. The van der Waals surface area contributed by atoms with E-state index in [1.165, 1.54) is 5.56 Å². The van der Waals surface area contributed by atoms with Gasteiger partial charge in [0.05, 0.1) is 12.6 Å². The zero-order chi connectivity index (χ0) is 18.1. The van der Waals surface area contributed by atoms with E-state index in [0.29, 0.717) is 25.9 Å². The molecule has 2 amide bonds. The molecular formula is C19H23N5O2. The van der Waals surface area contributed by atoms with Crippen LogP contribution >= 0.6 is 0 Å². The fourth-order valence-corrected chi connectivity index (χ4v) is 3.97. The Labute approximate surface area is 152 Å². The molecule has 1 saturated heterocycles. The summed E-state index contributed by atoms with van der Waals surface area (Å²) in [6.07, 6.45) is 2.44. The van der Waals surface area contributed by atoms with Gasteiger partial charge in [-0.3, -0.25) is 9.59 Å². The molecule has 0 bridgehead atoms. The second-order valence-corrected chi connectivity index (χ2v) is 7.16. The highest BCUT2D eigenvalue weighted by atomic mass is 16.2. The second kappa shape index (κ2) is 6.90. The lowest BCUT2D eigenvalue weighted by molar-refractivity contribution is -0.133. The van der Waals surface area contributed by atoms with E-state index in [0.717, 1.165) is 24.5 Å². The minimum absolute atomic E-state index is 0.0379. The van der Waals surface area contributed by atoms with Crippen LogP contribution in [-0.4, -0.2) is 44.1 Å². The van der Waals surface area contributed by atoms with Crippen molar-refractivity contribution in [3.05, 3.63) is 47.5 Å². The first-order chi connectivity index (χ1) is 12.6. The van der Waals surface area contributed by atoms with Crippen molar-refractivity contribution in [3.63, 3.8) is 0 Å². The summed E-state index contributed by atoms with van der Waals surface area (Å²) in [6, 6.07) is 10.4. The summed E-state index contributed by atoms with van der Waals surface area (Å²) in [5.74, 6) is 1.83. The van der Waals surface area contributed by atoms with Crippen molar-refractivity contribution in [2.75, 3.05) is 6.54 Å². The summed E-state index contributed by atoms with van der Waals surface area (Å²) in [5, 5.41) is 11.4. The van der Waals surface area contributed by atoms with Gasteiger partial charge < -0.3 is 14.8 Å². The average Bonchev–Trinajstić information content (AvgIpc) is 3.21. The number of amides is 2. The third-order valence-electron chi connectivity index (χ3n) is 5.24. The maximum Gasteiger partial charge on any atom is 0.225 e. The van der Waals surface area contributed by atoms with Crippen molar-refractivity contribution in [1.82, 2.24) is 25.0 Å². The number of aryl methyl sites for hydroxylation is 1. The Bertz CT molecular complexity index is 817. The summed E-state index contributed by atoms with van der Waals surface area (Å²) in [7, 11) is 0. The number of hydrogen-bond acceptors (Lipinski definition) is 4. The number of fused-ring (bicyclic) bond motifs is 1. The molecule has 2 aliphatic rings. The van der Waals surface area contributed by atoms with E-state index in [1.54, 1.807) is 0 Å². The molecule has 3 heterocycles. The summed E-state index contributed by atoms with van der Waals surface area (Å²) in [4.78, 5) is 26.0. The predicted octanol–water partition coefficient (Wildman–Crippen LogP) is 1.38. The van der Waals surface area contributed by atoms with E-state index in [-0.39, 0.29) is 23.9 Å². The maximum atomic E-state index is 12.8. The lowest BCUT2D eigenvalue weighted by Crippen LogP contribution is -2.44. The second-order valence-electron chi connectivity index (χ2n) is 7.16. The molecule has 4 rings (SSSR count). The number of benzene rings is 1. The van der Waals surface area contributed by atoms with Crippen LogP contribution in [0.2, 0.25) is 0 Å². The van der Waals surface area contributed by atoms with Gasteiger partial charge in [-0.15, -0.1) is 10.2 Å². The van der Waals surface area contributed by atoms with Gasteiger partial charge in [-0.1, -0.05) is 30.3 Å². The molecular weight excluding hydrogens is 330 g/mol. The van der Waals surface area contributed by atoms with Crippen LogP contribution < -0.4 is 5.32 Å². The van der Waals surface area contributed by atoms with Crippen LogP contribution in [0.5, 0.6) is 0 Å². The molecule has 2 aliphatic heterocycles. The molecule has 2 atom stereocenters. The topological polar surface area (TPSA) is 80.1 Å². The lowest BCUT2D eigenvalue weighted by Gasteiger charge is -2.35. The molecule has 1 aromatic heterocycles. The zero-order valence-electron chi connectivity index (χ0n) is 14.9. The molecule has 2 aromatic rings. The first-order valence-electron chi connectivity index (χ1n) is 9.11. The average molecular weight is 353 g/mol. The number of carbonyl (C=O) groups excluding carboxylic acids is 2. The fourth-order valence-electron chi connectivity index (χ4n) is 3.97. The summed E-state index contributed by atoms with van der Waals surface area (Å²) in [5.41, 5.74) is 1.23. The van der Waals surface area contributed by atoms with E-state index >= 15 is 0 Å². The Hall–Kier alpha value is -2.70. The van der Waals surface area contributed by atoms with Crippen molar-refractivity contribution in [2.45, 2.75) is 51.2 Å². The fraction of sp³-hybridized carbons (Fsp3) is 0.474. The molecule has 136 valence electrons. The van der Waals surface area contributed by atoms with E-state index < -0.39 is 0 Å². The number of aromatic nitrogens is 3. The molecule has 7 heteroatoms. The summed E-state index contributed by atoms with van der Waals surface area (Å²) in [6.45, 7) is 3.08. The smallest absolute Gasteiger partial charge is 0.225 e. The van der Waals surface area contributed by atoms with Gasteiger partial charge in [0, 0.05) is 25.4 Å². The monoisotopic (exact) mass is 353 g/mol. The van der Waals surface area contributed by atoms with E-state index in [1.807, 2.05) is 30.0 Å². The van der Waals surface area contributed by atoms with Crippen molar-refractivity contribution in [3.8, 4) is 0 Å². The Morgan fingerprint density at radius 3 is 2.81 bits per heavy atom. The van der Waals surface area contributed by atoms with Crippen LogP contribution in [0.3, 0.4) is 0 Å². The van der Waals surface area contributed by atoms with Gasteiger partial charge in [-0.2, -0.15) is 0 Å². The largest absolute Gasteiger partial charge is 0.353 e. The number of hydrogen-bond donors (Lipinski definition) is 1. The lowest BCUT2D eigenvalue weighted by atomic mass is 10.0. The highest BCUT2D eigenvalue weighted by Crippen LogP contribution is 2.26. The molecule has 1 aromatic carbocycles. The number of nitrogens with zero attached hydrogens (tertiary/aromatic N) is 4. The van der Waals surface area contributed by atoms with Crippen LogP contribution in [-0.2, 0) is 22.6 Å². The van der Waals surface area contributed by atoms with Crippen molar-refractivity contribution >= 4 is 11.8 Å². The SMILES string of the molecule is Cc1nnc2n1[C@H](Cc1ccccc1)CN(C(=O)C[C@H]1CCC(=O)N1)C2. The van der Waals surface area contributed by atoms with Crippen molar-refractivity contribution < 1.29 is 9.59 Å². The van der Waals surface area contributed by atoms with Crippen LogP contribution in [0.15, 0.2) is 30.3 Å². The van der Waals surface area contributed by atoms with Gasteiger partial charge in [0.1, 0.15) is 5.82 Å². The first-order valence-corrected chi connectivity index (χ1v) is 9.11. The van der Waals surface area contributed by atoms with E-state index in [9.17, 15) is 9.59 Å². The Balaban J connectivity index is 1.51. The predicted molar refractivity (Wildman–Crippen MR) is 95.1 cm³/mol. The quantitative estimate of drug-likeness (QED) is 0.901. The molecule has 26 heavy (non-hydrogen) atoms. The third kappa shape index (κ3) is 3.34. The molecule has 0 radical (unpaired) electrons. The summed E-state index contributed by atoms with van der Waals surface area (Å²) >= 11 is 0. The number of nitrogens with one attached hydrogen (secondary N) is 1. The highest BCUT2D eigenvalue weighted by molar-refractivity contribution is 5.82. The third-order valence-corrected chi connectivity index (χ3v) is 5.24. The minimum atomic E-state index is -0.0379. The molecule has 1 N–H and O–H groups in total. The highest BCUT2D eigenvalue weighted by Gasteiger charge is 2.32. The molecule has 1 fully saturated rings. The minimum Gasteiger partial charge on any atom is -0.353 e. The standard InChI is InChI=1S/C19H23N5O2/c1-13-21-22-17-12-23(19(26)10-15-7-8-18(25)20-15)11-16(24(13)17)9-14-5-3-2-4-6-14/h2-6,15-16H,7-12H2,1H3,(H,20,25)/t15-,16-/m1/s1. The molecule has 0 saturated carbocycles. The van der Waals surface area contributed by atoms with Crippen LogP contribution in [0.25, 0.3) is 0 Å². The van der Waals surface area contributed by atoms with Crippen LogP contribution in [0, 0.1) is 6.92 Å². The van der Waals surface area contributed by atoms with Gasteiger partial charge in [-0.25, -0.2) is 0 Å².